The molecule has 0 unspecified atom stereocenters. The Bertz CT molecular complexity index is 938. The second kappa shape index (κ2) is 4.38. The first kappa shape index (κ1) is 12.5. The van der Waals surface area contributed by atoms with Crippen LogP contribution in [0.2, 0.25) is 0 Å². The highest BCUT2D eigenvalue weighted by Gasteiger charge is 2.25. The van der Waals surface area contributed by atoms with Gasteiger partial charge >= 0.3 is 5.69 Å². The van der Waals surface area contributed by atoms with Crippen LogP contribution in [0.1, 0.15) is 10.5 Å². The molecule has 1 aliphatic rings. The Kier molecular flexibility index (Phi) is 2.49. The van der Waals surface area contributed by atoms with Crippen LogP contribution in [0.3, 0.4) is 0 Å². The molecular formula is C13H11N5O4. The fraction of sp³-hybridized carbons (Fsp3) is 0.154. The third-order valence-corrected chi connectivity index (χ3v) is 3.49. The summed E-state index contributed by atoms with van der Waals surface area (Å²) in [5, 5.41) is 4.05. The Balaban J connectivity index is 1.81. The summed E-state index contributed by atoms with van der Waals surface area (Å²) in [6.45, 7) is 0.311. The lowest BCUT2D eigenvalue weighted by atomic mass is 10.3. The smallest absolute Gasteiger partial charge is 0.384 e. The van der Waals surface area contributed by atoms with Gasteiger partial charge in [-0.2, -0.15) is 0 Å². The molecule has 4 rings (SSSR count). The van der Waals surface area contributed by atoms with Crippen molar-refractivity contribution in [2.75, 3.05) is 18.7 Å². The first-order valence-electron chi connectivity index (χ1n) is 6.45. The number of ether oxygens (including phenoxy) is 1. The van der Waals surface area contributed by atoms with E-state index in [1.807, 2.05) is 4.90 Å². The van der Waals surface area contributed by atoms with Crippen LogP contribution >= 0.6 is 0 Å². The van der Waals surface area contributed by atoms with Crippen molar-refractivity contribution in [1.82, 2.24) is 19.3 Å². The van der Waals surface area contributed by atoms with Crippen molar-refractivity contribution >= 4 is 23.4 Å². The standard InChI is InChI=1S/C13H11N5O4/c1-21-18-13(20)16-3-2-9(5-11(16)15-18)17-7-22-10-4-8(6-19)14-12(10)17/h2-6,14H,7H2,1H3. The number of carbonyl (C=O) groups is 1. The summed E-state index contributed by atoms with van der Waals surface area (Å²) in [6.07, 6.45) is 2.33. The average molecular weight is 301 g/mol. The lowest BCUT2D eigenvalue weighted by Gasteiger charge is -2.15. The van der Waals surface area contributed by atoms with Crippen molar-refractivity contribution in [2.45, 2.75) is 0 Å². The van der Waals surface area contributed by atoms with E-state index in [4.69, 9.17) is 9.57 Å². The van der Waals surface area contributed by atoms with Gasteiger partial charge < -0.3 is 14.6 Å². The van der Waals surface area contributed by atoms with E-state index in [1.165, 1.54) is 11.5 Å². The number of nitrogens with one attached hydrogen (secondary N) is 1. The van der Waals surface area contributed by atoms with Gasteiger partial charge in [0.25, 0.3) is 0 Å². The number of aldehydes is 1. The lowest BCUT2D eigenvalue weighted by Crippen LogP contribution is -2.25. The molecular weight excluding hydrogens is 290 g/mol. The minimum atomic E-state index is -0.384. The van der Waals surface area contributed by atoms with E-state index >= 15 is 0 Å². The molecule has 0 atom stereocenters. The Morgan fingerprint density at radius 1 is 1.45 bits per heavy atom. The van der Waals surface area contributed by atoms with Gasteiger partial charge in [-0.15, -0.1) is 5.10 Å². The van der Waals surface area contributed by atoms with Crippen LogP contribution in [0.25, 0.3) is 5.65 Å². The monoisotopic (exact) mass is 301 g/mol. The van der Waals surface area contributed by atoms with Crippen LogP contribution in [0.5, 0.6) is 5.75 Å². The molecule has 0 aliphatic carbocycles. The molecule has 0 fully saturated rings. The SMILES string of the molecule is COn1nc2cc(N3COc4cc(C=O)[nH]c43)ccn2c1=O. The summed E-state index contributed by atoms with van der Waals surface area (Å²) in [5.41, 5.74) is 1.28. The molecule has 112 valence electrons. The largest absolute Gasteiger partial charge is 0.469 e. The Labute approximate surface area is 123 Å². The number of hydrogen-bond acceptors (Lipinski definition) is 6. The van der Waals surface area contributed by atoms with Crippen molar-refractivity contribution in [3.8, 4) is 5.75 Å². The number of fused-ring (bicyclic) bond motifs is 2. The van der Waals surface area contributed by atoms with Crippen molar-refractivity contribution in [2.24, 2.45) is 0 Å². The molecule has 0 bridgehead atoms. The van der Waals surface area contributed by atoms with Gasteiger partial charge in [0.05, 0.1) is 11.4 Å². The van der Waals surface area contributed by atoms with Crippen LogP contribution in [0.15, 0.2) is 29.2 Å². The van der Waals surface area contributed by atoms with Gasteiger partial charge in [0.15, 0.2) is 30.2 Å². The number of anilines is 2. The number of nitrogens with zero attached hydrogens (tertiary/aromatic N) is 4. The molecule has 1 N–H and O–H groups in total. The predicted molar refractivity (Wildman–Crippen MR) is 75.8 cm³/mol. The summed E-state index contributed by atoms with van der Waals surface area (Å²) >= 11 is 0. The lowest BCUT2D eigenvalue weighted by molar-refractivity contribution is 0.111. The minimum absolute atomic E-state index is 0.311. The second-order valence-electron chi connectivity index (χ2n) is 4.71. The van der Waals surface area contributed by atoms with Crippen LogP contribution in [-0.2, 0) is 0 Å². The van der Waals surface area contributed by atoms with E-state index < -0.39 is 0 Å². The molecule has 3 aromatic rings. The molecule has 1 aliphatic heterocycles. The number of carbonyl (C=O) groups excluding carboxylic acids is 1. The molecule has 9 heteroatoms. The number of aromatic amines is 1. The van der Waals surface area contributed by atoms with Gasteiger partial charge in [-0.25, -0.2) is 9.20 Å². The Hall–Kier alpha value is -3.23. The highest BCUT2D eigenvalue weighted by molar-refractivity contribution is 5.79. The summed E-state index contributed by atoms with van der Waals surface area (Å²) in [4.78, 5) is 33.3. The van der Waals surface area contributed by atoms with E-state index in [0.29, 0.717) is 29.6 Å². The summed E-state index contributed by atoms with van der Waals surface area (Å²) in [7, 11) is 1.37. The molecule has 0 spiro atoms. The molecule has 22 heavy (non-hydrogen) atoms. The highest BCUT2D eigenvalue weighted by atomic mass is 16.7. The first-order valence-corrected chi connectivity index (χ1v) is 6.45. The molecule has 0 radical (unpaired) electrons. The van der Waals surface area contributed by atoms with Crippen molar-refractivity contribution in [1.29, 1.82) is 0 Å². The molecule has 0 saturated carbocycles. The Morgan fingerprint density at radius 3 is 3.09 bits per heavy atom. The summed E-state index contributed by atoms with van der Waals surface area (Å²) in [6, 6.07) is 5.14. The third kappa shape index (κ3) is 1.62. The number of pyridine rings is 1. The third-order valence-electron chi connectivity index (χ3n) is 3.49. The van der Waals surface area contributed by atoms with E-state index in [1.54, 1.807) is 24.4 Å². The fourth-order valence-electron chi connectivity index (χ4n) is 2.45. The maximum absolute atomic E-state index is 11.9. The molecule has 4 heterocycles. The number of hydrogen-bond donors (Lipinski definition) is 1. The fourth-order valence-corrected chi connectivity index (χ4v) is 2.45. The van der Waals surface area contributed by atoms with Crippen LogP contribution in [0, 0.1) is 0 Å². The van der Waals surface area contributed by atoms with Crippen LogP contribution in [0.4, 0.5) is 11.5 Å². The number of aromatic nitrogens is 4. The first-order chi connectivity index (χ1) is 10.7. The quantitative estimate of drug-likeness (QED) is 0.694. The van der Waals surface area contributed by atoms with Crippen LogP contribution in [-0.4, -0.2) is 39.5 Å². The van der Waals surface area contributed by atoms with Crippen molar-refractivity contribution in [3.63, 3.8) is 0 Å². The zero-order chi connectivity index (χ0) is 15.3. The van der Waals surface area contributed by atoms with E-state index in [2.05, 4.69) is 10.1 Å². The number of rotatable bonds is 3. The topological polar surface area (TPSA) is 93.9 Å². The minimum Gasteiger partial charge on any atom is -0.469 e. The maximum Gasteiger partial charge on any atom is 0.384 e. The summed E-state index contributed by atoms with van der Waals surface area (Å²) < 4.78 is 6.90. The molecule has 9 nitrogen and oxygen atoms in total. The van der Waals surface area contributed by atoms with Gasteiger partial charge in [0, 0.05) is 18.3 Å². The Morgan fingerprint density at radius 2 is 2.32 bits per heavy atom. The molecule has 0 saturated heterocycles. The zero-order valence-corrected chi connectivity index (χ0v) is 11.5. The predicted octanol–water partition coefficient (Wildman–Crippen LogP) is 0.183. The highest BCUT2D eigenvalue weighted by Crippen LogP contribution is 2.38. The van der Waals surface area contributed by atoms with Crippen molar-refractivity contribution < 1.29 is 14.4 Å². The molecule has 0 aromatic carbocycles. The zero-order valence-electron chi connectivity index (χ0n) is 11.5. The summed E-state index contributed by atoms with van der Waals surface area (Å²) in [5.74, 6) is 1.31. The van der Waals surface area contributed by atoms with Gasteiger partial charge in [0.2, 0.25) is 0 Å². The van der Waals surface area contributed by atoms with E-state index in [9.17, 15) is 9.59 Å². The normalized spacial score (nSPS) is 13.2. The van der Waals surface area contributed by atoms with Gasteiger partial charge in [-0.3, -0.25) is 9.69 Å². The number of H-pyrrole nitrogens is 1. The van der Waals surface area contributed by atoms with Crippen LogP contribution < -0.4 is 20.2 Å². The van der Waals surface area contributed by atoms with E-state index in [0.717, 1.165) is 16.8 Å². The molecule has 3 aromatic heterocycles. The maximum atomic E-state index is 11.9. The van der Waals surface area contributed by atoms with Gasteiger partial charge in [-0.05, 0) is 10.9 Å². The second-order valence-corrected chi connectivity index (χ2v) is 4.71. The van der Waals surface area contributed by atoms with E-state index in [-0.39, 0.29) is 5.69 Å². The average Bonchev–Trinajstić information content (AvgIpc) is 3.19. The molecule has 0 amide bonds. The van der Waals surface area contributed by atoms with Gasteiger partial charge in [0.1, 0.15) is 7.11 Å². The van der Waals surface area contributed by atoms with Crippen molar-refractivity contribution in [3.05, 3.63) is 40.6 Å². The van der Waals surface area contributed by atoms with Gasteiger partial charge in [-0.1, -0.05) is 0 Å².